The van der Waals surface area contributed by atoms with Crippen molar-refractivity contribution in [3.8, 4) is 22.5 Å². The summed E-state index contributed by atoms with van der Waals surface area (Å²) in [6, 6.07) is 7.68. The number of urea groups is 1. The molecule has 2 N–H and O–H groups in total. The minimum absolute atomic E-state index is 0. The molecule has 0 radical (unpaired) electrons. The number of nitrogens with one attached hydrogen (secondary N) is 2. The van der Waals surface area contributed by atoms with Gasteiger partial charge in [0.05, 0.1) is 34.8 Å². The molecule has 4 aliphatic rings. The predicted molar refractivity (Wildman–Crippen MR) is 289 cm³/mol. The van der Waals surface area contributed by atoms with E-state index in [1.807, 2.05) is 37.1 Å². The number of pyridine rings is 1. The molecule has 3 saturated heterocycles. The fourth-order valence-electron chi connectivity index (χ4n) is 10.5. The molecule has 3 aromatic heterocycles. The molecule has 1 spiro atoms. The summed E-state index contributed by atoms with van der Waals surface area (Å²) in [5.41, 5.74) is 9.55. The number of aromatic nitrogens is 3. The molecule has 0 unspecified atom stereocenters. The monoisotopic (exact) mass is 1030 g/mol. The zero-order valence-electron chi connectivity index (χ0n) is 40.9. The van der Waals surface area contributed by atoms with E-state index in [1.54, 1.807) is 20.4 Å². The van der Waals surface area contributed by atoms with E-state index in [9.17, 15) is 19.2 Å². The van der Waals surface area contributed by atoms with Crippen LogP contribution in [0.4, 0.5) is 4.79 Å². The van der Waals surface area contributed by atoms with Crippen molar-refractivity contribution in [3.05, 3.63) is 58.2 Å². The molecule has 0 saturated carbocycles. The maximum atomic E-state index is 14.6. The van der Waals surface area contributed by atoms with Crippen molar-refractivity contribution >= 4 is 100 Å². The maximum absolute atomic E-state index is 14.6. The molecule has 6 bridgehead atoms. The first kappa shape index (κ1) is 57.1. The van der Waals surface area contributed by atoms with Crippen LogP contribution in [0.3, 0.4) is 0 Å². The Kier molecular flexibility index (Phi) is 19.4. The minimum atomic E-state index is -1.03. The Labute approximate surface area is 433 Å². The van der Waals surface area contributed by atoms with Crippen molar-refractivity contribution in [3.63, 3.8) is 0 Å². The molecule has 0 aliphatic carbocycles. The predicted octanol–water partition coefficient (Wildman–Crippen LogP) is 6.37. The number of hydrogen-bond donors (Lipinski definition) is 2. The van der Waals surface area contributed by atoms with Gasteiger partial charge in [0.2, 0.25) is 5.91 Å². The van der Waals surface area contributed by atoms with Gasteiger partial charge in [-0.2, -0.15) is 54.0 Å². The second-order valence-electron chi connectivity index (χ2n) is 19.7. The van der Waals surface area contributed by atoms with E-state index in [-0.39, 0.29) is 96.4 Å². The van der Waals surface area contributed by atoms with Crippen LogP contribution in [0, 0.1) is 16.7 Å². The van der Waals surface area contributed by atoms with E-state index in [1.165, 1.54) is 21.2 Å². The van der Waals surface area contributed by atoms with Gasteiger partial charge >= 0.3 is 12.0 Å². The van der Waals surface area contributed by atoms with Crippen molar-refractivity contribution < 1.29 is 28.7 Å². The van der Waals surface area contributed by atoms with Gasteiger partial charge in [-0.3, -0.25) is 24.4 Å². The van der Waals surface area contributed by atoms with Crippen LogP contribution >= 0.6 is 65.3 Å². The standard InChI is InChI=1S/C48H65N9O6S.4H2S/c1-10-56-38-16-15-31-21-33(38)34(42(56)32-13-11-18-49-40(32)30(4)62-9)23-47(5,6)28-63-45(60)35-14-12-19-57(52-35)44(59)36(22-39-50-37(31)24-64-39)51-43(58)41(29(2)3)54(8)46(61)55-20-17-48(27-55)25-53(7)26-48;;;;/h11,13,15-16,18,21,24,29-30,35-36,41,52H,10,12,14,17,19-20,22-23,25-28H2,1-9H3,(H,51,58);4*1H2/t30-,35-,36-,41-;;;;/m0..../s1. The van der Waals surface area contributed by atoms with Gasteiger partial charge in [0, 0.05) is 104 Å². The number of amides is 4. The Hall–Kier alpha value is -3.50. The summed E-state index contributed by atoms with van der Waals surface area (Å²) in [6.45, 7) is 16.6. The van der Waals surface area contributed by atoms with Crippen molar-refractivity contribution in [1.29, 1.82) is 0 Å². The SMILES string of the molecule is CCn1c(-c2cccnc2[C@H](C)OC)c2c3cc(ccc31)-c1csc(n1)C[C@H](NC(=O)[C@H](C(C)C)N(C)C(=O)N1CCC3(CN(C)C3)C1)C(=O)N1CCC[C@H](N1)C(=O)OCC(C)(C)C2.S.S.S.S. The molecule has 68 heavy (non-hydrogen) atoms. The Balaban J connectivity index is 0.00000252. The lowest BCUT2D eigenvalue weighted by molar-refractivity contribution is -0.155. The number of likely N-dealkylation sites (tertiary alicyclic amines) is 2. The number of rotatable bonds is 8. The Morgan fingerprint density at radius 2 is 1.81 bits per heavy atom. The summed E-state index contributed by atoms with van der Waals surface area (Å²) in [5, 5.41) is 8.27. The zero-order chi connectivity index (χ0) is 45.7. The van der Waals surface area contributed by atoms with Gasteiger partial charge in [0.15, 0.2) is 0 Å². The largest absolute Gasteiger partial charge is 0.464 e. The number of likely N-dealkylation sites (N-methyl/N-ethyl adjacent to an activating group) is 1. The molecule has 15 nitrogen and oxygen atoms in total. The van der Waals surface area contributed by atoms with E-state index in [0.717, 1.165) is 64.2 Å². The van der Waals surface area contributed by atoms with Gasteiger partial charge in [-0.1, -0.05) is 33.8 Å². The van der Waals surface area contributed by atoms with Gasteiger partial charge in [0.1, 0.15) is 18.1 Å². The second-order valence-corrected chi connectivity index (χ2v) is 20.6. The number of benzene rings is 1. The molecule has 376 valence electrons. The number of hydrazine groups is 1. The summed E-state index contributed by atoms with van der Waals surface area (Å²) in [4.78, 5) is 72.6. The van der Waals surface area contributed by atoms with Crippen LogP contribution < -0.4 is 10.7 Å². The Morgan fingerprint density at radius 1 is 1.07 bits per heavy atom. The topological polar surface area (TPSA) is 154 Å². The van der Waals surface area contributed by atoms with Gasteiger partial charge in [-0.05, 0) is 82.3 Å². The van der Waals surface area contributed by atoms with Crippen LogP contribution in [-0.4, -0.2) is 137 Å². The number of methoxy groups -OCH3 is 1. The number of aryl methyl sites for hydroxylation is 1. The average molecular weight is 1030 g/mol. The fourth-order valence-corrected chi connectivity index (χ4v) is 11.4. The number of cyclic esters (lactones) is 1. The molecule has 4 amide bonds. The summed E-state index contributed by atoms with van der Waals surface area (Å²) in [6.07, 6.45) is 4.27. The van der Waals surface area contributed by atoms with Crippen molar-refractivity contribution in [1.82, 2.24) is 45.0 Å². The van der Waals surface area contributed by atoms with E-state index in [2.05, 4.69) is 72.3 Å². The van der Waals surface area contributed by atoms with Gasteiger partial charge in [0.25, 0.3) is 5.91 Å². The minimum Gasteiger partial charge on any atom is -0.464 e. The van der Waals surface area contributed by atoms with Crippen LogP contribution in [0.5, 0.6) is 0 Å². The Bertz CT molecular complexity index is 2420. The number of carbonyl (C=O) groups is 4. The molecule has 3 fully saturated rings. The highest BCUT2D eigenvalue weighted by Crippen LogP contribution is 2.42. The highest BCUT2D eigenvalue weighted by Gasteiger charge is 2.48. The average Bonchev–Trinajstić information content (AvgIpc) is 4.00. The number of fused-ring (bicyclic) bond motifs is 6. The number of nitrogens with zero attached hydrogens (tertiary/aromatic N) is 7. The lowest BCUT2D eigenvalue weighted by Gasteiger charge is -2.46. The molecule has 8 rings (SSSR count). The third-order valence-electron chi connectivity index (χ3n) is 13.7. The fraction of sp³-hybridized carbons (Fsp3) is 0.583. The molecule has 4 aromatic rings. The van der Waals surface area contributed by atoms with Crippen LogP contribution in [0.25, 0.3) is 33.4 Å². The van der Waals surface area contributed by atoms with E-state index in [0.29, 0.717) is 50.4 Å². The van der Waals surface area contributed by atoms with Crippen LogP contribution in [0.2, 0.25) is 0 Å². The number of ether oxygens (including phenoxy) is 2. The molecule has 1 aromatic carbocycles. The van der Waals surface area contributed by atoms with E-state index >= 15 is 0 Å². The number of hydrogen-bond acceptors (Lipinski definition) is 11. The quantitative estimate of drug-likeness (QED) is 0.191. The third kappa shape index (κ3) is 11.5. The molecular weight excluding hydrogens is 959 g/mol. The maximum Gasteiger partial charge on any atom is 0.324 e. The van der Waals surface area contributed by atoms with Gasteiger partial charge in [-0.15, -0.1) is 11.3 Å². The van der Waals surface area contributed by atoms with Gasteiger partial charge in [-0.25, -0.2) is 15.2 Å². The molecule has 20 heteroatoms. The number of esters is 1. The molecule has 4 atom stereocenters. The Morgan fingerprint density at radius 3 is 2.49 bits per heavy atom. The lowest BCUT2D eigenvalue weighted by Crippen LogP contribution is -2.62. The first-order valence-corrected chi connectivity index (χ1v) is 23.7. The molecular formula is C48H73N9O6S5. The third-order valence-corrected chi connectivity index (χ3v) is 14.6. The van der Waals surface area contributed by atoms with E-state index < -0.39 is 35.4 Å². The van der Waals surface area contributed by atoms with Crippen LogP contribution in [0.15, 0.2) is 41.9 Å². The molecule has 7 heterocycles. The second kappa shape index (κ2) is 23.2. The molecule has 4 aliphatic heterocycles. The smallest absolute Gasteiger partial charge is 0.324 e. The first-order chi connectivity index (χ1) is 30.5. The highest BCUT2D eigenvalue weighted by atomic mass is 32.1. The van der Waals surface area contributed by atoms with E-state index in [4.69, 9.17) is 19.4 Å². The van der Waals surface area contributed by atoms with Crippen molar-refractivity contribution in [2.45, 2.75) is 104 Å². The number of thiazole rings is 1. The summed E-state index contributed by atoms with van der Waals surface area (Å²) in [7, 11) is 5.47. The van der Waals surface area contributed by atoms with Crippen molar-refractivity contribution in [2.75, 3.05) is 60.5 Å². The van der Waals surface area contributed by atoms with Gasteiger partial charge < -0.3 is 34.1 Å². The van der Waals surface area contributed by atoms with Crippen molar-refractivity contribution in [2.24, 2.45) is 16.7 Å². The first-order valence-electron chi connectivity index (χ1n) is 22.8. The van der Waals surface area contributed by atoms with Crippen LogP contribution in [0.1, 0.15) is 83.2 Å². The summed E-state index contributed by atoms with van der Waals surface area (Å²) >= 11 is 1.44. The lowest BCUT2D eigenvalue weighted by atomic mass is 9.79. The normalized spacial score (nSPS) is 21.0. The number of carbonyl (C=O) groups excluding carboxylic acids is 4. The highest BCUT2D eigenvalue weighted by molar-refractivity contribution is 7.59. The zero-order valence-corrected chi connectivity index (χ0v) is 45.7. The summed E-state index contributed by atoms with van der Waals surface area (Å²) in [5.74, 6) is -1.47. The summed E-state index contributed by atoms with van der Waals surface area (Å²) < 4.78 is 14.3. The van der Waals surface area contributed by atoms with Crippen LogP contribution in [-0.2, 0) is 43.2 Å².